The first-order valence-corrected chi connectivity index (χ1v) is 6.42. The number of epoxide rings is 1. The molecule has 2 aromatic carbocycles. The smallest absolute Gasteiger partial charge is 0.127 e. The summed E-state index contributed by atoms with van der Waals surface area (Å²) in [7, 11) is 0. The quantitative estimate of drug-likeness (QED) is 0.763. The average Bonchev–Trinajstić information content (AvgIpc) is 3.13. The summed E-state index contributed by atoms with van der Waals surface area (Å²) in [5.74, 6) is 0.906. The second-order valence-corrected chi connectivity index (χ2v) is 4.71. The largest absolute Gasteiger partial charge is 0.488 e. The Morgan fingerprint density at radius 3 is 2.61 bits per heavy atom. The molecule has 3 rings (SSSR count). The van der Waals surface area contributed by atoms with Crippen LogP contribution in [0.4, 0.5) is 0 Å². The van der Waals surface area contributed by atoms with E-state index in [-0.39, 0.29) is 18.3 Å². The van der Waals surface area contributed by atoms with Gasteiger partial charge in [0.05, 0.1) is 6.10 Å². The molecule has 0 amide bonds. The lowest BCUT2D eigenvalue weighted by Gasteiger charge is -2.16. The van der Waals surface area contributed by atoms with Crippen molar-refractivity contribution in [3.05, 3.63) is 49.4 Å². The number of hydrogen-bond acceptors (Lipinski definition) is 2. The van der Waals surface area contributed by atoms with Gasteiger partial charge >= 0.3 is 0 Å². The third-order valence-corrected chi connectivity index (χ3v) is 3.40. The van der Waals surface area contributed by atoms with Crippen molar-refractivity contribution in [2.75, 3.05) is 0 Å². The van der Waals surface area contributed by atoms with Gasteiger partial charge in [-0.1, -0.05) is 37.3 Å². The van der Waals surface area contributed by atoms with Gasteiger partial charge in [0.15, 0.2) is 0 Å². The molecule has 18 heavy (non-hydrogen) atoms. The second kappa shape index (κ2) is 4.62. The van der Waals surface area contributed by atoms with Gasteiger partial charge in [-0.3, -0.25) is 0 Å². The SMILES string of the molecule is [CH2]C1OC1C(CC)Oc1ccc2ccccc2c1. The van der Waals surface area contributed by atoms with Crippen molar-refractivity contribution in [3.63, 3.8) is 0 Å². The van der Waals surface area contributed by atoms with E-state index >= 15 is 0 Å². The van der Waals surface area contributed by atoms with Gasteiger partial charge in [-0.15, -0.1) is 0 Å². The molecule has 3 atom stereocenters. The third kappa shape index (κ3) is 2.21. The molecule has 0 saturated carbocycles. The predicted octanol–water partition coefficient (Wildman–Crippen LogP) is 3.60. The Morgan fingerprint density at radius 1 is 1.22 bits per heavy atom. The van der Waals surface area contributed by atoms with Gasteiger partial charge < -0.3 is 9.47 Å². The molecule has 2 aromatic rings. The van der Waals surface area contributed by atoms with Crippen molar-refractivity contribution in [2.24, 2.45) is 0 Å². The van der Waals surface area contributed by atoms with Crippen molar-refractivity contribution in [2.45, 2.75) is 31.7 Å². The summed E-state index contributed by atoms with van der Waals surface area (Å²) < 4.78 is 11.4. The summed E-state index contributed by atoms with van der Waals surface area (Å²) in [6, 6.07) is 14.5. The van der Waals surface area contributed by atoms with Crippen LogP contribution in [-0.2, 0) is 4.74 Å². The molecule has 1 aliphatic rings. The van der Waals surface area contributed by atoms with Gasteiger partial charge in [0, 0.05) is 0 Å². The molecule has 3 unspecified atom stereocenters. The second-order valence-electron chi connectivity index (χ2n) is 4.71. The molecule has 0 spiro atoms. The lowest BCUT2D eigenvalue weighted by molar-refractivity contribution is 0.155. The fourth-order valence-electron chi connectivity index (χ4n) is 2.28. The minimum absolute atomic E-state index is 0.0930. The van der Waals surface area contributed by atoms with Crippen molar-refractivity contribution >= 4 is 10.8 Å². The van der Waals surface area contributed by atoms with Gasteiger partial charge in [-0.2, -0.15) is 0 Å². The molecule has 93 valence electrons. The fourth-order valence-corrected chi connectivity index (χ4v) is 2.28. The van der Waals surface area contributed by atoms with Gasteiger partial charge in [0.1, 0.15) is 18.0 Å². The first-order chi connectivity index (χ1) is 8.78. The normalized spacial score (nSPS) is 23.9. The molecule has 0 aromatic heterocycles. The van der Waals surface area contributed by atoms with E-state index in [9.17, 15) is 0 Å². The summed E-state index contributed by atoms with van der Waals surface area (Å²) in [4.78, 5) is 0. The Balaban J connectivity index is 1.81. The predicted molar refractivity (Wildman–Crippen MR) is 72.7 cm³/mol. The van der Waals surface area contributed by atoms with E-state index in [0.717, 1.165) is 12.2 Å². The van der Waals surface area contributed by atoms with Crippen LogP contribution in [0.5, 0.6) is 5.75 Å². The van der Waals surface area contributed by atoms with Crippen LogP contribution >= 0.6 is 0 Å². The van der Waals surface area contributed by atoms with Crippen LogP contribution < -0.4 is 4.74 Å². The molecule has 1 aliphatic heterocycles. The minimum atomic E-state index is 0.0930. The summed E-state index contributed by atoms with van der Waals surface area (Å²) in [5.41, 5.74) is 0. The first kappa shape index (κ1) is 11.5. The number of benzene rings is 2. The van der Waals surface area contributed by atoms with E-state index in [1.807, 2.05) is 18.2 Å². The Morgan fingerprint density at radius 2 is 1.94 bits per heavy atom. The molecule has 2 heteroatoms. The first-order valence-electron chi connectivity index (χ1n) is 6.42. The highest BCUT2D eigenvalue weighted by Crippen LogP contribution is 2.30. The lowest BCUT2D eigenvalue weighted by atomic mass is 10.1. The third-order valence-electron chi connectivity index (χ3n) is 3.40. The van der Waals surface area contributed by atoms with Crippen LogP contribution in [-0.4, -0.2) is 18.3 Å². The summed E-state index contributed by atoms with van der Waals surface area (Å²) in [6.45, 7) is 6.00. The summed E-state index contributed by atoms with van der Waals surface area (Å²) in [5, 5.41) is 2.43. The van der Waals surface area contributed by atoms with Crippen molar-refractivity contribution in [3.8, 4) is 5.75 Å². The van der Waals surface area contributed by atoms with Crippen molar-refractivity contribution in [1.29, 1.82) is 0 Å². The average molecular weight is 241 g/mol. The number of fused-ring (bicyclic) bond motifs is 1. The number of ether oxygens (including phenoxy) is 2. The Kier molecular flexibility index (Phi) is 2.96. The zero-order chi connectivity index (χ0) is 12.5. The van der Waals surface area contributed by atoms with Crippen LogP contribution in [0.3, 0.4) is 0 Å². The minimum Gasteiger partial charge on any atom is -0.488 e. The topological polar surface area (TPSA) is 21.8 Å². The highest BCUT2D eigenvalue weighted by molar-refractivity contribution is 5.83. The van der Waals surface area contributed by atoms with E-state index in [0.29, 0.717) is 0 Å². The molecule has 0 bridgehead atoms. The highest BCUT2D eigenvalue weighted by atomic mass is 16.6. The van der Waals surface area contributed by atoms with Crippen LogP contribution in [0, 0.1) is 6.92 Å². The summed E-state index contributed by atoms with van der Waals surface area (Å²) >= 11 is 0. The molecule has 0 N–H and O–H groups in total. The maximum atomic E-state index is 6.00. The van der Waals surface area contributed by atoms with E-state index in [2.05, 4.69) is 38.1 Å². The zero-order valence-corrected chi connectivity index (χ0v) is 10.5. The van der Waals surface area contributed by atoms with Gasteiger partial charge in [0.2, 0.25) is 0 Å². The monoisotopic (exact) mass is 241 g/mol. The number of hydrogen-bond donors (Lipinski definition) is 0. The van der Waals surface area contributed by atoms with Crippen molar-refractivity contribution < 1.29 is 9.47 Å². The fraction of sp³-hybridized carbons (Fsp3) is 0.312. The van der Waals surface area contributed by atoms with Crippen LogP contribution in [0.1, 0.15) is 13.3 Å². The molecular formula is C16H17O2. The van der Waals surface area contributed by atoms with Gasteiger partial charge in [0.25, 0.3) is 0 Å². The highest BCUT2D eigenvalue weighted by Gasteiger charge is 2.42. The maximum absolute atomic E-state index is 6.00. The van der Waals surface area contributed by atoms with E-state index < -0.39 is 0 Å². The van der Waals surface area contributed by atoms with Crippen LogP contribution in [0.2, 0.25) is 0 Å². The van der Waals surface area contributed by atoms with E-state index in [1.165, 1.54) is 10.8 Å². The zero-order valence-electron chi connectivity index (χ0n) is 10.5. The molecule has 1 fully saturated rings. The molecule has 2 nitrogen and oxygen atoms in total. The standard InChI is InChI=1S/C16H17O2/c1-3-15(16-11(2)17-16)18-14-9-8-12-6-4-5-7-13(12)10-14/h4-11,15-16H,2-3H2,1H3. The van der Waals surface area contributed by atoms with Crippen LogP contribution in [0.15, 0.2) is 42.5 Å². The summed E-state index contributed by atoms with van der Waals surface area (Å²) in [6.07, 6.45) is 1.29. The lowest BCUT2D eigenvalue weighted by Crippen LogP contribution is -2.23. The Labute approximate surface area is 108 Å². The Bertz CT molecular complexity index is 550. The molecule has 1 heterocycles. The van der Waals surface area contributed by atoms with Gasteiger partial charge in [-0.25, -0.2) is 0 Å². The molecule has 1 saturated heterocycles. The Hall–Kier alpha value is -1.54. The van der Waals surface area contributed by atoms with Crippen LogP contribution in [0.25, 0.3) is 10.8 Å². The molecule has 1 radical (unpaired) electrons. The molecule has 0 aliphatic carbocycles. The van der Waals surface area contributed by atoms with E-state index in [1.54, 1.807) is 0 Å². The van der Waals surface area contributed by atoms with E-state index in [4.69, 9.17) is 9.47 Å². The maximum Gasteiger partial charge on any atom is 0.127 e. The number of rotatable bonds is 4. The molecular weight excluding hydrogens is 224 g/mol. The van der Waals surface area contributed by atoms with Crippen molar-refractivity contribution in [1.82, 2.24) is 0 Å². The van der Waals surface area contributed by atoms with Gasteiger partial charge in [-0.05, 0) is 36.2 Å².